The maximum atomic E-state index is 12.9. The molecular formula is C12H7F2NO3. The van der Waals surface area contributed by atoms with Crippen LogP contribution >= 0.6 is 0 Å². The molecule has 0 aliphatic heterocycles. The predicted molar refractivity (Wildman–Crippen MR) is 57.6 cm³/mol. The van der Waals surface area contributed by atoms with Crippen molar-refractivity contribution in [3.63, 3.8) is 0 Å². The lowest BCUT2D eigenvalue weighted by molar-refractivity contribution is 0.0689. The van der Waals surface area contributed by atoms with Crippen LogP contribution in [-0.4, -0.2) is 16.1 Å². The van der Waals surface area contributed by atoms with Crippen LogP contribution in [0.15, 0.2) is 36.4 Å². The molecule has 92 valence electrons. The number of carboxylic acid groups (broad SMARTS) is 1. The molecule has 18 heavy (non-hydrogen) atoms. The van der Waals surface area contributed by atoms with E-state index in [0.29, 0.717) is 6.07 Å². The van der Waals surface area contributed by atoms with Gasteiger partial charge in [-0.15, -0.1) is 0 Å². The first kappa shape index (κ1) is 12.0. The molecule has 0 saturated heterocycles. The van der Waals surface area contributed by atoms with Gasteiger partial charge >= 0.3 is 5.97 Å². The van der Waals surface area contributed by atoms with Crippen LogP contribution in [0, 0.1) is 11.6 Å². The van der Waals surface area contributed by atoms with Gasteiger partial charge in [0.2, 0.25) is 5.88 Å². The van der Waals surface area contributed by atoms with Crippen LogP contribution in [0.1, 0.15) is 10.5 Å². The molecule has 0 saturated carbocycles. The second kappa shape index (κ2) is 4.79. The van der Waals surface area contributed by atoms with Gasteiger partial charge in [0.15, 0.2) is 5.69 Å². The molecule has 0 unspecified atom stereocenters. The van der Waals surface area contributed by atoms with Crippen LogP contribution in [0.5, 0.6) is 11.6 Å². The van der Waals surface area contributed by atoms with Crippen molar-refractivity contribution in [2.24, 2.45) is 0 Å². The molecule has 0 aliphatic rings. The minimum Gasteiger partial charge on any atom is -0.477 e. The summed E-state index contributed by atoms with van der Waals surface area (Å²) < 4.78 is 30.9. The molecule has 0 aliphatic carbocycles. The second-order valence-electron chi connectivity index (χ2n) is 3.37. The lowest BCUT2D eigenvalue weighted by atomic mass is 10.3. The third-order valence-electron chi connectivity index (χ3n) is 2.00. The number of pyridine rings is 1. The Morgan fingerprint density at radius 1 is 1.17 bits per heavy atom. The first-order valence-electron chi connectivity index (χ1n) is 4.89. The van der Waals surface area contributed by atoms with Crippen LogP contribution in [0.2, 0.25) is 0 Å². The SMILES string of the molecule is O=C(O)c1cccc(Oc2cc(F)cc(F)c2)n1. The quantitative estimate of drug-likeness (QED) is 0.911. The molecule has 4 nitrogen and oxygen atoms in total. The fourth-order valence-corrected chi connectivity index (χ4v) is 1.30. The van der Waals surface area contributed by atoms with E-state index in [0.717, 1.165) is 12.1 Å². The van der Waals surface area contributed by atoms with Crippen LogP contribution in [0.4, 0.5) is 8.78 Å². The van der Waals surface area contributed by atoms with Crippen molar-refractivity contribution in [2.45, 2.75) is 0 Å². The molecule has 2 rings (SSSR count). The van der Waals surface area contributed by atoms with Gasteiger partial charge in [0, 0.05) is 24.3 Å². The highest BCUT2D eigenvalue weighted by Crippen LogP contribution is 2.21. The monoisotopic (exact) mass is 251 g/mol. The largest absolute Gasteiger partial charge is 0.477 e. The fourth-order valence-electron chi connectivity index (χ4n) is 1.30. The Morgan fingerprint density at radius 3 is 2.44 bits per heavy atom. The van der Waals surface area contributed by atoms with E-state index < -0.39 is 17.6 Å². The maximum Gasteiger partial charge on any atom is 0.354 e. The molecule has 1 heterocycles. The van der Waals surface area contributed by atoms with Crippen molar-refractivity contribution >= 4 is 5.97 Å². The van der Waals surface area contributed by atoms with Gasteiger partial charge in [-0.3, -0.25) is 0 Å². The standard InChI is InChI=1S/C12H7F2NO3/c13-7-4-8(14)6-9(5-7)18-11-3-1-2-10(15-11)12(16)17/h1-6H,(H,16,17). The van der Waals surface area contributed by atoms with E-state index >= 15 is 0 Å². The second-order valence-corrected chi connectivity index (χ2v) is 3.37. The van der Waals surface area contributed by atoms with E-state index in [1.54, 1.807) is 0 Å². The number of ether oxygens (including phenoxy) is 1. The number of aromatic carboxylic acids is 1. The molecule has 0 fully saturated rings. The highest BCUT2D eigenvalue weighted by Gasteiger charge is 2.08. The van der Waals surface area contributed by atoms with Gasteiger partial charge in [-0.2, -0.15) is 0 Å². The van der Waals surface area contributed by atoms with Crippen molar-refractivity contribution in [1.29, 1.82) is 0 Å². The third kappa shape index (κ3) is 2.79. The van der Waals surface area contributed by atoms with Gasteiger partial charge in [-0.05, 0) is 6.07 Å². The zero-order chi connectivity index (χ0) is 13.1. The Morgan fingerprint density at radius 2 is 1.83 bits per heavy atom. The minimum atomic E-state index is -1.22. The highest BCUT2D eigenvalue weighted by atomic mass is 19.1. The molecule has 0 radical (unpaired) electrons. The molecule has 1 aromatic carbocycles. The predicted octanol–water partition coefficient (Wildman–Crippen LogP) is 2.85. The average Bonchev–Trinajstić information content (AvgIpc) is 2.27. The van der Waals surface area contributed by atoms with Crippen molar-refractivity contribution in [2.75, 3.05) is 0 Å². The number of benzene rings is 1. The minimum absolute atomic E-state index is 0.0556. The number of halogens is 2. The number of aromatic nitrogens is 1. The topological polar surface area (TPSA) is 59.4 Å². The number of rotatable bonds is 3. The summed E-state index contributed by atoms with van der Waals surface area (Å²) in [5.74, 6) is -2.95. The number of hydrogen-bond acceptors (Lipinski definition) is 3. The smallest absolute Gasteiger partial charge is 0.354 e. The van der Waals surface area contributed by atoms with Crippen molar-refractivity contribution in [3.05, 3.63) is 53.7 Å². The normalized spacial score (nSPS) is 10.1. The Balaban J connectivity index is 2.28. The van der Waals surface area contributed by atoms with Gasteiger partial charge in [-0.25, -0.2) is 18.6 Å². The molecule has 6 heteroatoms. The molecule has 0 spiro atoms. The summed E-state index contributed by atoms with van der Waals surface area (Å²) in [6.45, 7) is 0. The number of nitrogens with zero attached hydrogens (tertiary/aromatic N) is 1. The van der Waals surface area contributed by atoms with Gasteiger partial charge in [0.05, 0.1) is 0 Å². The number of carboxylic acids is 1. The van der Waals surface area contributed by atoms with E-state index in [2.05, 4.69) is 4.98 Å². The molecule has 1 N–H and O–H groups in total. The summed E-state index contributed by atoms with van der Waals surface area (Å²) in [5.41, 5.74) is -0.218. The van der Waals surface area contributed by atoms with Crippen LogP contribution in [-0.2, 0) is 0 Å². The van der Waals surface area contributed by atoms with E-state index in [1.165, 1.54) is 18.2 Å². The Hall–Kier alpha value is -2.50. The zero-order valence-electron chi connectivity index (χ0n) is 8.93. The summed E-state index contributed by atoms with van der Waals surface area (Å²) in [6, 6.07) is 6.72. The fraction of sp³-hybridized carbons (Fsp3) is 0. The lowest BCUT2D eigenvalue weighted by Gasteiger charge is -2.05. The van der Waals surface area contributed by atoms with E-state index in [9.17, 15) is 13.6 Å². The molecule has 2 aromatic rings. The molecule has 0 amide bonds. The van der Waals surface area contributed by atoms with E-state index in [1.807, 2.05) is 0 Å². The molecule has 0 atom stereocenters. The maximum absolute atomic E-state index is 12.9. The molecular weight excluding hydrogens is 244 g/mol. The van der Waals surface area contributed by atoms with E-state index in [-0.39, 0.29) is 17.3 Å². The summed E-state index contributed by atoms with van der Waals surface area (Å²) in [4.78, 5) is 14.3. The molecule has 1 aromatic heterocycles. The Bertz CT molecular complexity index is 581. The average molecular weight is 251 g/mol. The van der Waals surface area contributed by atoms with Crippen LogP contribution in [0.25, 0.3) is 0 Å². The van der Waals surface area contributed by atoms with Gasteiger partial charge in [0.25, 0.3) is 0 Å². The number of hydrogen-bond donors (Lipinski definition) is 1. The van der Waals surface area contributed by atoms with Crippen molar-refractivity contribution in [1.82, 2.24) is 4.98 Å². The summed E-state index contributed by atoms with van der Waals surface area (Å²) in [5, 5.41) is 8.73. The first-order chi connectivity index (χ1) is 8.54. The van der Waals surface area contributed by atoms with Crippen molar-refractivity contribution in [3.8, 4) is 11.6 Å². The first-order valence-corrected chi connectivity index (χ1v) is 4.89. The Labute approximate surface area is 100 Å². The van der Waals surface area contributed by atoms with Crippen LogP contribution < -0.4 is 4.74 Å². The highest BCUT2D eigenvalue weighted by molar-refractivity contribution is 5.85. The van der Waals surface area contributed by atoms with Gasteiger partial charge < -0.3 is 9.84 Å². The number of carbonyl (C=O) groups is 1. The summed E-state index contributed by atoms with van der Waals surface area (Å²) in [7, 11) is 0. The van der Waals surface area contributed by atoms with Crippen LogP contribution in [0.3, 0.4) is 0 Å². The summed E-state index contributed by atoms with van der Waals surface area (Å²) >= 11 is 0. The van der Waals surface area contributed by atoms with Crippen molar-refractivity contribution < 1.29 is 23.4 Å². The summed E-state index contributed by atoms with van der Waals surface area (Å²) in [6.07, 6.45) is 0. The Kier molecular flexibility index (Phi) is 3.18. The van der Waals surface area contributed by atoms with Gasteiger partial charge in [-0.1, -0.05) is 6.07 Å². The molecule has 0 bridgehead atoms. The third-order valence-corrected chi connectivity index (χ3v) is 2.00. The zero-order valence-corrected chi connectivity index (χ0v) is 8.93. The lowest BCUT2D eigenvalue weighted by Crippen LogP contribution is -2.00. The van der Waals surface area contributed by atoms with E-state index in [4.69, 9.17) is 9.84 Å². The van der Waals surface area contributed by atoms with Gasteiger partial charge in [0.1, 0.15) is 17.4 Å².